The van der Waals surface area contributed by atoms with E-state index in [0.29, 0.717) is 6.54 Å². The number of hydrogen-bond acceptors (Lipinski definition) is 4. The Morgan fingerprint density at radius 2 is 2.29 bits per heavy atom. The minimum Gasteiger partial charge on any atom is -0.378 e. The lowest BCUT2D eigenvalue weighted by atomic mass is 10.0. The summed E-state index contributed by atoms with van der Waals surface area (Å²) in [7, 11) is 0. The van der Waals surface area contributed by atoms with Crippen molar-refractivity contribution in [2.45, 2.75) is 32.5 Å². The first kappa shape index (κ1) is 12.5. The van der Waals surface area contributed by atoms with Crippen molar-refractivity contribution >= 4 is 0 Å². The maximum atomic E-state index is 5.56. The summed E-state index contributed by atoms with van der Waals surface area (Å²) in [6.45, 7) is 8.41. The fourth-order valence-electron chi connectivity index (χ4n) is 2.05. The van der Waals surface area contributed by atoms with E-state index in [4.69, 9.17) is 10.5 Å². The normalized spacial score (nSPS) is 20.4. The average molecular weight is 235 g/mol. The van der Waals surface area contributed by atoms with Gasteiger partial charge >= 0.3 is 0 Å². The molecule has 0 aromatic carbocycles. The van der Waals surface area contributed by atoms with Crippen LogP contribution in [0.15, 0.2) is 18.3 Å². The Morgan fingerprint density at radius 3 is 2.88 bits per heavy atom. The Kier molecular flexibility index (Phi) is 3.76. The SMILES string of the molecule is CC1(C)COCCN1Cc1ccc(CN)cn1. The minimum absolute atomic E-state index is 0.0898. The van der Waals surface area contributed by atoms with Crippen molar-refractivity contribution in [3.05, 3.63) is 29.6 Å². The summed E-state index contributed by atoms with van der Waals surface area (Å²) in [5.41, 5.74) is 7.82. The van der Waals surface area contributed by atoms with Gasteiger partial charge in [0.15, 0.2) is 0 Å². The van der Waals surface area contributed by atoms with E-state index in [-0.39, 0.29) is 5.54 Å². The van der Waals surface area contributed by atoms with E-state index in [9.17, 15) is 0 Å². The number of aromatic nitrogens is 1. The number of pyridine rings is 1. The predicted molar refractivity (Wildman–Crippen MR) is 67.4 cm³/mol. The van der Waals surface area contributed by atoms with Gasteiger partial charge in [0.1, 0.15) is 0 Å². The van der Waals surface area contributed by atoms with E-state index in [1.54, 1.807) is 0 Å². The molecule has 0 aliphatic carbocycles. The maximum Gasteiger partial charge on any atom is 0.0645 e. The first-order valence-electron chi connectivity index (χ1n) is 6.08. The van der Waals surface area contributed by atoms with Crippen LogP contribution in [-0.4, -0.2) is 35.2 Å². The summed E-state index contributed by atoms with van der Waals surface area (Å²) in [6.07, 6.45) is 1.86. The van der Waals surface area contributed by atoms with Gasteiger partial charge in [-0.1, -0.05) is 6.07 Å². The van der Waals surface area contributed by atoms with E-state index in [1.165, 1.54) is 0 Å². The monoisotopic (exact) mass is 235 g/mol. The number of ether oxygens (including phenoxy) is 1. The molecule has 2 rings (SSSR count). The lowest BCUT2D eigenvalue weighted by Gasteiger charge is -2.41. The van der Waals surface area contributed by atoms with Gasteiger partial charge in [-0.25, -0.2) is 0 Å². The van der Waals surface area contributed by atoms with E-state index in [2.05, 4.69) is 35.9 Å². The van der Waals surface area contributed by atoms with Crippen molar-refractivity contribution in [1.29, 1.82) is 0 Å². The Balaban J connectivity index is 2.03. The van der Waals surface area contributed by atoms with Crippen LogP contribution < -0.4 is 5.73 Å². The van der Waals surface area contributed by atoms with Crippen molar-refractivity contribution in [2.24, 2.45) is 5.73 Å². The summed E-state index contributed by atoms with van der Waals surface area (Å²) >= 11 is 0. The highest BCUT2D eigenvalue weighted by atomic mass is 16.5. The van der Waals surface area contributed by atoms with Crippen LogP contribution in [0.4, 0.5) is 0 Å². The Bertz CT molecular complexity index is 361. The van der Waals surface area contributed by atoms with Crippen LogP contribution in [0, 0.1) is 0 Å². The zero-order valence-corrected chi connectivity index (χ0v) is 10.6. The number of hydrogen-bond donors (Lipinski definition) is 1. The third kappa shape index (κ3) is 3.03. The third-order valence-corrected chi connectivity index (χ3v) is 3.29. The molecule has 1 aromatic rings. The van der Waals surface area contributed by atoms with Crippen LogP contribution in [0.5, 0.6) is 0 Å². The molecule has 94 valence electrons. The van der Waals surface area contributed by atoms with Gasteiger partial charge in [0.05, 0.1) is 18.9 Å². The molecule has 1 aromatic heterocycles. The second kappa shape index (κ2) is 5.12. The highest BCUT2D eigenvalue weighted by Crippen LogP contribution is 2.20. The first-order chi connectivity index (χ1) is 8.12. The van der Waals surface area contributed by atoms with Crippen molar-refractivity contribution in [3.63, 3.8) is 0 Å². The van der Waals surface area contributed by atoms with Crippen LogP contribution in [0.25, 0.3) is 0 Å². The molecule has 2 N–H and O–H groups in total. The van der Waals surface area contributed by atoms with Crippen molar-refractivity contribution in [1.82, 2.24) is 9.88 Å². The fraction of sp³-hybridized carbons (Fsp3) is 0.615. The summed E-state index contributed by atoms with van der Waals surface area (Å²) in [6, 6.07) is 4.11. The van der Waals surface area contributed by atoms with E-state index < -0.39 is 0 Å². The van der Waals surface area contributed by atoms with Crippen LogP contribution in [0.2, 0.25) is 0 Å². The molecule has 0 bridgehead atoms. The average Bonchev–Trinajstić information content (AvgIpc) is 2.33. The van der Waals surface area contributed by atoms with E-state index >= 15 is 0 Å². The highest BCUT2D eigenvalue weighted by molar-refractivity contribution is 5.14. The smallest absolute Gasteiger partial charge is 0.0645 e. The minimum atomic E-state index is 0.0898. The van der Waals surface area contributed by atoms with Gasteiger partial charge in [-0.05, 0) is 25.5 Å². The molecule has 17 heavy (non-hydrogen) atoms. The summed E-state index contributed by atoms with van der Waals surface area (Å²) in [5.74, 6) is 0. The van der Waals surface area contributed by atoms with Crippen LogP contribution in [0.3, 0.4) is 0 Å². The molecule has 1 aliphatic rings. The number of morpholine rings is 1. The van der Waals surface area contributed by atoms with Gasteiger partial charge in [0.25, 0.3) is 0 Å². The van der Waals surface area contributed by atoms with Crippen LogP contribution in [0.1, 0.15) is 25.1 Å². The fourth-order valence-corrected chi connectivity index (χ4v) is 2.05. The third-order valence-electron chi connectivity index (χ3n) is 3.29. The van der Waals surface area contributed by atoms with Gasteiger partial charge in [-0.2, -0.15) is 0 Å². The van der Waals surface area contributed by atoms with Gasteiger partial charge in [-0.3, -0.25) is 9.88 Å². The lowest BCUT2D eigenvalue weighted by molar-refractivity contribution is -0.0557. The highest BCUT2D eigenvalue weighted by Gasteiger charge is 2.30. The van der Waals surface area contributed by atoms with Gasteiger partial charge in [-0.15, -0.1) is 0 Å². The topological polar surface area (TPSA) is 51.4 Å². The quantitative estimate of drug-likeness (QED) is 0.854. The Hall–Kier alpha value is -0.970. The van der Waals surface area contributed by atoms with E-state index in [0.717, 1.165) is 37.6 Å². The number of nitrogens with zero attached hydrogens (tertiary/aromatic N) is 2. The Labute approximate surface area is 103 Å². The van der Waals surface area contributed by atoms with E-state index in [1.807, 2.05) is 6.20 Å². The zero-order valence-electron chi connectivity index (χ0n) is 10.6. The lowest BCUT2D eigenvalue weighted by Crippen LogP contribution is -2.52. The van der Waals surface area contributed by atoms with Crippen molar-refractivity contribution < 1.29 is 4.74 Å². The van der Waals surface area contributed by atoms with Gasteiger partial charge in [0, 0.05) is 31.4 Å². The Morgan fingerprint density at radius 1 is 1.47 bits per heavy atom. The molecule has 0 saturated carbocycles. The second-order valence-corrected chi connectivity index (χ2v) is 5.15. The largest absolute Gasteiger partial charge is 0.378 e. The zero-order chi connectivity index (χ0) is 12.3. The molecular weight excluding hydrogens is 214 g/mol. The molecule has 4 nitrogen and oxygen atoms in total. The molecule has 0 radical (unpaired) electrons. The molecular formula is C13H21N3O. The number of rotatable bonds is 3. The molecule has 0 spiro atoms. The summed E-state index contributed by atoms with van der Waals surface area (Å²) in [5, 5.41) is 0. The maximum absolute atomic E-state index is 5.56. The van der Waals surface area contributed by atoms with Gasteiger partial charge < -0.3 is 10.5 Å². The van der Waals surface area contributed by atoms with Gasteiger partial charge in [0.2, 0.25) is 0 Å². The molecule has 4 heteroatoms. The summed E-state index contributed by atoms with van der Waals surface area (Å²) < 4.78 is 5.51. The van der Waals surface area contributed by atoms with Crippen molar-refractivity contribution in [2.75, 3.05) is 19.8 Å². The molecule has 0 amide bonds. The molecule has 1 saturated heterocycles. The summed E-state index contributed by atoms with van der Waals surface area (Å²) in [4.78, 5) is 6.86. The van der Waals surface area contributed by atoms with Crippen LogP contribution in [-0.2, 0) is 17.8 Å². The molecule has 0 atom stereocenters. The molecule has 1 fully saturated rings. The first-order valence-corrected chi connectivity index (χ1v) is 6.08. The van der Waals surface area contributed by atoms with Crippen molar-refractivity contribution in [3.8, 4) is 0 Å². The second-order valence-electron chi connectivity index (χ2n) is 5.15. The molecule has 0 unspecified atom stereocenters. The molecule has 1 aliphatic heterocycles. The number of nitrogens with two attached hydrogens (primary N) is 1. The molecule has 2 heterocycles. The predicted octanol–water partition coefficient (Wildman–Crippen LogP) is 1.15. The van der Waals surface area contributed by atoms with Crippen LogP contribution >= 0.6 is 0 Å². The standard InChI is InChI=1S/C13H21N3O/c1-13(2)10-17-6-5-16(13)9-12-4-3-11(7-14)8-15-12/h3-4,8H,5-7,9-10,14H2,1-2H3.